The third kappa shape index (κ3) is 6.66. The molecule has 1 aliphatic rings. The molecule has 0 bridgehead atoms. The van der Waals surface area contributed by atoms with Crippen molar-refractivity contribution in [2.45, 2.75) is 0 Å². The van der Waals surface area contributed by atoms with Gasteiger partial charge in [-0.15, -0.1) is 0 Å². The van der Waals surface area contributed by atoms with Gasteiger partial charge in [0.2, 0.25) is 0 Å². The number of nitrogens with one attached hydrogen (secondary N) is 2. The SMILES string of the molecule is N=C(/C(=C1\NC(c2ccccc2)=Cc2ccccc21)c1ccc(-c2nc(-c3ccccc3)nc(-c3cccc(-n4c5ccccc5c5ccccc54)c3)n2)cc1)c1ccccc1. The second-order valence-electron chi connectivity index (χ2n) is 15.3. The second-order valence-corrected chi connectivity index (χ2v) is 15.3. The normalized spacial score (nSPS) is 13.0. The van der Waals surface area contributed by atoms with Crippen molar-refractivity contribution in [1.82, 2.24) is 24.8 Å². The van der Waals surface area contributed by atoms with E-state index in [-0.39, 0.29) is 0 Å². The van der Waals surface area contributed by atoms with Crippen molar-refractivity contribution in [3.8, 4) is 39.9 Å². The van der Waals surface area contributed by atoms with Crippen molar-refractivity contribution >= 4 is 50.6 Å². The average molecular weight is 795 g/mol. The Morgan fingerprint density at radius 2 is 0.952 bits per heavy atom. The van der Waals surface area contributed by atoms with E-state index in [0.717, 1.165) is 78.2 Å². The zero-order chi connectivity index (χ0) is 41.4. The van der Waals surface area contributed by atoms with E-state index < -0.39 is 0 Å². The summed E-state index contributed by atoms with van der Waals surface area (Å²) in [4.78, 5) is 15.3. The molecular weight excluding hydrogens is 757 g/mol. The fraction of sp³-hybridized carbons (Fsp3) is 0. The third-order valence-electron chi connectivity index (χ3n) is 11.5. The molecule has 0 unspecified atom stereocenters. The number of benzene rings is 8. The first-order chi connectivity index (χ1) is 30.7. The first-order valence-corrected chi connectivity index (χ1v) is 20.7. The quantitative estimate of drug-likeness (QED) is 0.150. The molecule has 0 fully saturated rings. The van der Waals surface area contributed by atoms with Gasteiger partial charge in [0, 0.05) is 55.5 Å². The van der Waals surface area contributed by atoms with Crippen molar-refractivity contribution in [2.24, 2.45) is 0 Å². The fourth-order valence-electron chi connectivity index (χ4n) is 8.50. The highest BCUT2D eigenvalue weighted by Crippen LogP contribution is 2.38. The summed E-state index contributed by atoms with van der Waals surface area (Å²) in [5.74, 6) is 1.73. The lowest BCUT2D eigenvalue weighted by Crippen LogP contribution is -2.20. The van der Waals surface area contributed by atoms with Crippen LogP contribution in [0.5, 0.6) is 0 Å². The van der Waals surface area contributed by atoms with E-state index in [9.17, 15) is 5.41 Å². The molecule has 62 heavy (non-hydrogen) atoms. The van der Waals surface area contributed by atoms with Crippen LogP contribution in [-0.4, -0.2) is 25.2 Å². The summed E-state index contributed by atoms with van der Waals surface area (Å²) < 4.78 is 2.31. The zero-order valence-electron chi connectivity index (χ0n) is 33.6. The summed E-state index contributed by atoms with van der Waals surface area (Å²) in [5.41, 5.74) is 13.9. The number of aromatic nitrogens is 4. The largest absolute Gasteiger partial charge is 0.354 e. The highest BCUT2D eigenvalue weighted by Gasteiger charge is 2.24. The van der Waals surface area contributed by atoms with Gasteiger partial charge in [0.1, 0.15) is 0 Å². The van der Waals surface area contributed by atoms with Gasteiger partial charge >= 0.3 is 0 Å². The minimum Gasteiger partial charge on any atom is -0.354 e. The van der Waals surface area contributed by atoms with Gasteiger partial charge in [-0.05, 0) is 47.0 Å². The highest BCUT2D eigenvalue weighted by atomic mass is 15.0. The lowest BCUT2D eigenvalue weighted by Gasteiger charge is -2.26. The number of hydrogen-bond acceptors (Lipinski definition) is 5. The van der Waals surface area contributed by atoms with Crippen LogP contribution in [0.1, 0.15) is 27.8 Å². The second kappa shape index (κ2) is 15.6. The van der Waals surface area contributed by atoms with Crippen LogP contribution in [0.25, 0.3) is 84.7 Å². The van der Waals surface area contributed by atoms with E-state index in [4.69, 9.17) is 15.0 Å². The number of nitrogens with zero attached hydrogens (tertiary/aromatic N) is 4. The molecule has 1 aliphatic heterocycles. The molecule has 0 atom stereocenters. The maximum Gasteiger partial charge on any atom is 0.164 e. The molecule has 0 saturated carbocycles. The molecule has 0 spiro atoms. The van der Waals surface area contributed by atoms with Gasteiger partial charge in [-0.3, -0.25) is 5.41 Å². The Morgan fingerprint density at radius 3 is 1.61 bits per heavy atom. The molecule has 0 amide bonds. The number of rotatable bonds is 8. The topological polar surface area (TPSA) is 79.5 Å². The van der Waals surface area contributed by atoms with E-state index in [1.165, 1.54) is 10.8 Å². The average Bonchev–Trinajstić information content (AvgIpc) is 3.69. The number of fused-ring (bicyclic) bond motifs is 4. The molecule has 2 aromatic heterocycles. The molecule has 6 heteroatoms. The van der Waals surface area contributed by atoms with Gasteiger partial charge in [0.15, 0.2) is 17.5 Å². The molecule has 2 N–H and O–H groups in total. The Hall–Kier alpha value is -8.48. The van der Waals surface area contributed by atoms with Crippen molar-refractivity contribution < 1.29 is 0 Å². The van der Waals surface area contributed by atoms with E-state index in [0.29, 0.717) is 23.2 Å². The van der Waals surface area contributed by atoms with Crippen LogP contribution in [0.2, 0.25) is 0 Å². The van der Waals surface area contributed by atoms with Gasteiger partial charge in [-0.2, -0.15) is 0 Å². The summed E-state index contributed by atoms with van der Waals surface area (Å²) in [6.45, 7) is 0. The van der Waals surface area contributed by atoms with Gasteiger partial charge < -0.3 is 9.88 Å². The Morgan fingerprint density at radius 1 is 0.435 bits per heavy atom. The van der Waals surface area contributed by atoms with Crippen molar-refractivity contribution in [3.63, 3.8) is 0 Å². The molecule has 10 aromatic rings. The summed E-state index contributed by atoms with van der Waals surface area (Å²) in [6.07, 6.45) is 2.18. The highest BCUT2D eigenvalue weighted by molar-refractivity contribution is 6.36. The van der Waals surface area contributed by atoms with Crippen LogP contribution in [0.4, 0.5) is 0 Å². The minimum absolute atomic E-state index is 0.418. The maximum absolute atomic E-state index is 9.74. The van der Waals surface area contributed by atoms with Crippen LogP contribution >= 0.6 is 0 Å². The molecule has 8 aromatic carbocycles. The van der Waals surface area contributed by atoms with Gasteiger partial charge in [0.25, 0.3) is 0 Å². The predicted octanol–water partition coefficient (Wildman–Crippen LogP) is 13.0. The summed E-state index contributed by atoms with van der Waals surface area (Å²) >= 11 is 0. The van der Waals surface area contributed by atoms with Gasteiger partial charge in [-0.1, -0.05) is 188 Å². The third-order valence-corrected chi connectivity index (χ3v) is 11.5. The molecule has 3 heterocycles. The first kappa shape index (κ1) is 36.6. The fourth-order valence-corrected chi connectivity index (χ4v) is 8.50. The molecule has 6 nitrogen and oxygen atoms in total. The maximum atomic E-state index is 9.74. The molecular formula is C56H38N6. The van der Waals surface area contributed by atoms with Crippen LogP contribution in [0.15, 0.2) is 212 Å². The summed E-state index contributed by atoms with van der Waals surface area (Å²) in [7, 11) is 0. The van der Waals surface area contributed by atoms with Crippen LogP contribution < -0.4 is 5.32 Å². The lowest BCUT2D eigenvalue weighted by molar-refractivity contribution is 1.07. The molecule has 0 saturated heterocycles. The van der Waals surface area contributed by atoms with Crippen molar-refractivity contribution in [2.75, 3.05) is 0 Å². The predicted molar refractivity (Wildman–Crippen MR) is 254 cm³/mol. The van der Waals surface area contributed by atoms with E-state index in [2.05, 4.69) is 149 Å². The molecule has 0 aliphatic carbocycles. The zero-order valence-corrected chi connectivity index (χ0v) is 33.6. The van der Waals surface area contributed by atoms with E-state index in [1.54, 1.807) is 0 Å². The van der Waals surface area contributed by atoms with Crippen LogP contribution in [-0.2, 0) is 0 Å². The van der Waals surface area contributed by atoms with Crippen LogP contribution in [0.3, 0.4) is 0 Å². The Balaban J connectivity index is 1.04. The summed E-state index contributed by atoms with van der Waals surface area (Å²) in [6, 6.07) is 72.5. The number of hydrogen-bond donors (Lipinski definition) is 2. The van der Waals surface area contributed by atoms with E-state index >= 15 is 0 Å². The monoisotopic (exact) mass is 794 g/mol. The van der Waals surface area contributed by atoms with Gasteiger partial charge in [-0.25, -0.2) is 15.0 Å². The molecule has 0 radical (unpaired) electrons. The smallest absolute Gasteiger partial charge is 0.164 e. The first-order valence-electron chi connectivity index (χ1n) is 20.7. The summed E-state index contributed by atoms with van der Waals surface area (Å²) in [5, 5.41) is 15.9. The van der Waals surface area contributed by atoms with Crippen molar-refractivity contribution in [1.29, 1.82) is 5.41 Å². The minimum atomic E-state index is 0.418. The standard InChI is InChI=1S/C56H38N6/c57-52(39-19-6-2-7-20-39)51(53-45-26-11-10-23-42(45)36-48(58-53)37-17-4-1-5-18-37)38-31-33-41(34-32-38)55-59-54(40-21-8-3-9-22-40)60-56(61-55)43-24-16-25-44(35-43)62-49-29-14-12-27-46(49)47-28-13-15-30-50(47)62/h1-36,57-58H/b53-51-,57-52?. The Labute approximate surface area is 359 Å². The van der Waals surface area contributed by atoms with E-state index in [1.807, 2.05) is 78.9 Å². The van der Waals surface area contributed by atoms with Crippen LogP contribution in [0, 0.1) is 5.41 Å². The Kier molecular flexibility index (Phi) is 9.21. The number of para-hydroxylation sites is 2. The van der Waals surface area contributed by atoms with Crippen molar-refractivity contribution in [3.05, 3.63) is 240 Å². The lowest BCUT2D eigenvalue weighted by atomic mass is 9.87. The molecule has 292 valence electrons. The van der Waals surface area contributed by atoms with Gasteiger partial charge in [0.05, 0.1) is 22.4 Å². The number of allylic oxidation sites excluding steroid dienone is 1. The molecule has 11 rings (SSSR count). The Bertz CT molecular complexity index is 3310.